The van der Waals surface area contributed by atoms with Crippen molar-refractivity contribution < 1.29 is 9.18 Å². The number of benzene rings is 1. The SMILES string of the molecule is C=C(CC)CC(=O)c1cccc(Br)c1F. The minimum atomic E-state index is -0.494. The summed E-state index contributed by atoms with van der Waals surface area (Å²) in [5.41, 5.74) is 0.943. The van der Waals surface area contributed by atoms with Gasteiger partial charge in [0.2, 0.25) is 0 Å². The largest absolute Gasteiger partial charge is 0.294 e. The Balaban J connectivity index is 2.92. The normalized spacial score (nSPS) is 10.1. The summed E-state index contributed by atoms with van der Waals surface area (Å²) in [5.74, 6) is -0.716. The maximum absolute atomic E-state index is 13.5. The van der Waals surface area contributed by atoms with Gasteiger partial charge in [-0.15, -0.1) is 0 Å². The van der Waals surface area contributed by atoms with E-state index in [1.165, 1.54) is 6.07 Å². The Bertz CT molecular complexity index is 399. The van der Waals surface area contributed by atoms with Crippen LogP contribution in [0.15, 0.2) is 34.8 Å². The summed E-state index contributed by atoms with van der Waals surface area (Å²) in [6, 6.07) is 4.71. The van der Waals surface area contributed by atoms with Gasteiger partial charge in [-0.05, 0) is 34.5 Å². The van der Waals surface area contributed by atoms with Crippen LogP contribution in [0.3, 0.4) is 0 Å². The molecule has 0 spiro atoms. The van der Waals surface area contributed by atoms with Gasteiger partial charge in [-0.25, -0.2) is 4.39 Å². The van der Waals surface area contributed by atoms with E-state index in [9.17, 15) is 9.18 Å². The standard InChI is InChI=1S/C12H12BrFO/c1-3-8(2)7-11(15)9-5-4-6-10(13)12(9)14/h4-6H,2-3,7H2,1H3. The fourth-order valence-electron chi connectivity index (χ4n) is 1.17. The lowest BCUT2D eigenvalue weighted by atomic mass is 10.0. The second kappa shape index (κ2) is 5.21. The van der Waals surface area contributed by atoms with Crippen molar-refractivity contribution >= 4 is 21.7 Å². The Labute approximate surface area is 97.1 Å². The molecule has 0 unspecified atom stereocenters. The molecule has 0 bridgehead atoms. The van der Waals surface area contributed by atoms with Crippen LogP contribution in [0, 0.1) is 5.82 Å². The number of allylic oxidation sites excluding steroid dienone is 1. The van der Waals surface area contributed by atoms with E-state index in [4.69, 9.17) is 0 Å². The summed E-state index contributed by atoms with van der Waals surface area (Å²) in [7, 11) is 0. The Morgan fingerprint density at radius 1 is 1.53 bits per heavy atom. The highest BCUT2D eigenvalue weighted by Gasteiger charge is 2.13. The van der Waals surface area contributed by atoms with Crippen LogP contribution in [-0.4, -0.2) is 5.78 Å². The van der Waals surface area contributed by atoms with Crippen LogP contribution in [0.2, 0.25) is 0 Å². The van der Waals surface area contributed by atoms with Crippen LogP contribution >= 0.6 is 15.9 Å². The van der Waals surface area contributed by atoms with Gasteiger partial charge in [0, 0.05) is 6.42 Å². The molecule has 1 rings (SSSR count). The lowest BCUT2D eigenvalue weighted by Gasteiger charge is -2.04. The van der Waals surface area contributed by atoms with Gasteiger partial charge in [-0.2, -0.15) is 0 Å². The maximum Gasteiger partial charge on any atom is 0.169 e. The van der Waals surface area contributed by atoms with Crippen molar-refractivity contribution in [2.45, 2.75) is 19.8 Å². The van der Waals surface area contributed by atoms with Crippen molar-refractivity contribution in [1.29, 1.82) is 0 Å². The van der Waals surface area contributed by atoms with Gasteiger partial charge >= 0.3 is 0 Å². The number of hydrogen-bond donors (Lipinski definition) is 0. The molecule has 0 aliphatic heterocycles. The lowest BCUT2D eigenvalue weighted by Crippen LogP contribution is -2.03. The average molecular weight is 271 g/mol. The molecule has 0 aliphatic rings. The fourth-order valence-corrected chi connectivity index (χ4v) is 1.53. The third-order valence-corrected chi connectivity index (χ3v) is 2.78. The van der Waals surface area contributed by atoms with Crippen LogP contribution in [0.1, 0.15) is 30.1 Å². The first-order valence-corrected chi connectivity index (χ1v) is 5.49. The molecule has 0 aliphatic carbocycles. The Hall–Kier alpha value is -0.960. The van der Waals surface area contributed by atoms with Crippen molar-refractivity contribution in [2.75, 3.05) is 0 Å². The highest BCUT2D eigenvalue weighted by atomic mass is 79.9. The summed E-state index contributed by atoms with van der Waals surface area (Å²) in [4.78, 5) is 11.7. The van der Waals surface area contributed by atoms with Crippen molar-refractivity contribution in [3.05, 3.63) is 46.2 Å². The summed E-state index contributed by atoms with van der Waals surface area (Å²) in [5, 5.41) is 0. The molecule has 0 saturated heterocycles. The van der Waals surface area contributed by atoms with Gasteiger partial charge in [-0.1, -0.05) is 25.1 Å². The van der Waals surface area contributed by atoms with Crippen molar-refractivity contribution in [2.24, 2.45) is 0 Å². The topological polar surface area (TPSA) is 17.1 Å². The highest BCUT2D eigenvalue weighted by Crippen LogP contribution is 2.21. The predicted octanol–water partition coefficient (Wildman–Crippen LogP) is 4.13. The van der Waals surface area contributed by atoms with E-state index in [1.807, 2.05) is 6.92 Å². The van der Waals surface area contributed by atoms with Gasteiger partial charge in [0.25, 0.3) is 0 Å². The number of carbonyl (C=O) groups excluding carboxylic acids is 1. The van der Waals surface area contributed by atoms with E-state index < -0.39 is 5.82 Å². The van der Waals surface area contributed by atoms with Gasteiger partial charge in [0.05, 0.1) is 10.0 Å². The Morgan fingerprint density at radius 3 is 2.80 bits per heavy atom. The zero-order chi connectivity index (χ0) is 11.4. The second-order valence-corrected chi connectivity index (χ2v) is 4.16. The third-order valence-electron chi connectivity index (χ3n) is 2.16. The number of hydrogen-bond acceptors (Lipinski definition) is 1. The van der Waals surface area contributed by atoms with Crippen LogP contribution in [0.4, 0.5) is 4.39 Å². The van der Waals surface area contributed by atoms with E-state index in [0.717, 1.165) is 12.0 Å². The van der Waals surface area contributed by atoms with Gasteiger partial charge in [0.15, 0.2) is 5.78 Å². The molecular weight excluding hydrogens is 259 g/mol. The van der Waals surface area contributed by atoms with Gasteiger partial charge in [0.1, 0.15) is 5.82 Å². The summed E-state index contributed by atoms with van der Waals surface area (Å²) in [6.07, 6.45) is 0.950. The van der Waals surface area contributed by atoms with Crippen molar-refractivity contribution in [3.63, 3.8) is 0 Å². The summed E-state index contributed by atoms with van der Waals surface area (Å²) in [6.45, 7) is 5.66. The molecule has 0 aromatic heterocycles. The van der Waals surface area contributed by atoms with E-state index >= 15 is 0 Å². The molecule has 15 heavy (non-hydrogen) atoms. The molecule has 0 radical (unpaired) electrons. The first-order valence-electron chi connectivity index (χ1n) is 4.70. The van der Waals surface area contributed by atoms with Crippen LogP contribution in [0.25, 0.3) is 0 Å². The summed E-state index contributed by atoms with van der Waals surface area (Å²) < 4.78 is 13.8. The smallest absolute Gasteiger partial charge is 0.169 e. The molecule has 0 fully saturated rings. The molecule has 1 aromatic carbocycles. The molecular formula is C12H12BrFO. The Kier molecular flexibility index (Phi) is 4.21. The van der Waals surface area contributed by atoms with E-state index in [-0.39, 0.29) is 17.8 Å². The zero-order valence-electron chi connectivity index (χ0n) is 8.52. The van der Waals surface area contributed by atoms with Crippen LogP contribution < -0.4 is 0 Å². The quantitative estimate of drug-likeness (QED) is 0.594. The van der Waals surface area contributed by atoms with Gasteiger partial charge in [-0.3, -0.25) is 4.79 Å². The minimum Gasteiger partial charge on any atom is -0.294 e. The first kappa shape index (κ1) is 12.1. The minimum absolute atomic E-state index is 0.124. The number of halogens is 2. The number of Topliss-reactive ketones (excluding diaryl/α,β-unsaturated/α-hetero) is 1. The second-order valence-electron chi connectivity index (χ2n) is 3.30. The predicted molar refractivity (Wildman–Crippen MR) is 62.5 cm³/mol. The number of ketones is 1. The Morgan fingerprint density at radius 2 is 2.20 bits per heavy atom. The lowest BCUT2D eigenvalue weighted by molar-refractivity contribution is 0.0988. The molecule has 0 heterocycles. The van der Waals surface area contributed by atoms with Gasteiger partial charge < -0.3 is 0 Å². The highest BCUT2D eigenvalue weighted by molar-refractivity contribution is 9.10. The fraction of sp³-hybridized carbons (Fsp3) is 0.250. The van der Waals surface area contributed by atoms with Crippen molar-refractivity contribution in [1.82, 2.24) is 0 Å². The summed E-state index contributed by atoms with van der Waals surface area (Å²) >= 11 is 3.05. The molecule has 0 saturated carbocycles. The number of carbonyl (C=O) groups is 1. The number of rotatable bonds is 4. The first-order chi connectivity index (χ1) is 7.06. The van der Waals surface area contributed by atoms with E-state index in [2.05, 4.69) is 22.5 Å². The molecule has 80 valence electrons. The molecule has 1 nitrogen and oxygen atoms in total. The molecule has 3 heteroatoms. The molecule has 0 atom stereocenters. The third kappa shape index (κ3) is 2.99. The van der Waals surface area contributed by atoms with Crippen molar-refractivity contribution in [3.8, 4) is 0 Å². The van der Waals surface area contributed by atoms with E-state index in [0.29, 0.717) is 4.47 Å². The molecule has 0 amide bonds. The molecule has 0 N–H and O–H groups in total. The monoisotopic (exact) mass is 270 g/mol. The van der Waals surface area contributed by atoms with Crippen LogP contribution in [-0.2, 0) is 0 Å². The average Bonchev–Trinajstić information content (AvgIpc) is 2.21. The van der Waals surface area contributed by atoms with Crippen LogP contribution in [0.5, 0.6) is 0 Å². The molecule has 1 aromatic rings. The van der Waals surface area contributed by atoms with E-state index in [1.54, 1.807) is 12.1 Å². The maximum atomic E-state index is 13.5. The zero-order valence-corrected chi connectivity index (χ0v) is 10.1.